The monoisotopic (exact) mass is 262 g/mol. The summed E-state index contributed by atoms with van der Waals surface area (Å²) in [5.41, 5.74) is 3.74. The van der Waals surface area contributed by atoms with Gasteiger partial charge in [0.15, 0.2) is 0 Å². The van der Waals surface area contributed by atoms with Crippen molar-refractivity contribution < 1.29 is 4.79 Å². The van der Waals surface area contributed by atoms with Crippen molar-refractivity contribution in [3.05, 3.63) is 24.0 Å². The largest absolute Gasteiger partial charge is 0.336 e. The summed E-state index contributed by atoms with van der Waals surface area (Å²) in [5.74, 6) is 5.49. The Kier molecular flexibility index (Phi) is 4.74. The molecule has 19 heavy (non-hydrogen) atoms. The second-order valence-electron chi connectivity index (χ2n) is 4.95. The first kappa shape index (κ1) is 13.8. The molecule has 0 spiro atoms. The van der Waals surface area contributed by atoms with Crippen LogP contribution in [0.2, 0.25) is 0 Å². The topological polar surface area (TPSA) is 71.2 Å². The number of nitrogens with zero attached hydrogens (tertiary/aromatic N) is 2. The minimum atomic E-state index is 0.0461. The van der Waals surface area contributed by atoms with Crippen molar-refractivity contribution in [2.45, 2.75) is 45.1 Å². The molecule has 0 unspecified atom stereocenters. The van der Waals surface area contributed by atoms with Gasteiger partial charge < -0.3 is 10.3 Å². The van der Waals surface area contributed by atoms with E-state index in [0.29, 0.717) is 17.3 Å². The van der Waals surface area contributed by atoms with E-state index in [1.165, 1.54) is 19.3 Å². The van der Waals surface area contributed by atoms with Crippen LogP contribution in [0.15, 0.2) is 18.5 Å². The van der Waals surface area contributed by atoms with Gasteiger partial charge in [0.05, 0.1) is 17.4 Å². The van der Waals surface area contributed by atoms with Crippen molar-refractivity contribution in [2.24, 2.45) is 5.84 Å². The van der Waals surface area contributed by atoms with Crippen molar-refractivity contribution >= 4 is 11.6 Å². The van der Waals surface area contributed by atoms with E-state index in [2.05, 4.69) is 10.4 Å². The summed E-state index contributed by atoms with van der Waals surface area (Å²) in [5, 5.41) is 0. The minimum absolute atomic E-state index is 0.0461. The number of anilines is 1. The van der Waals surface area contributed by atoms with Crippen LogP contribution in [0.5, 0.6) is 0 Å². The number of rotatable bonds is 4. The van der Waals surface area contributed by atoms with Crippen molar-refractivity contribution in [2.75, 3.05) is 12.0 Å². The maximum Gasteiger partial charge on any atom is 0.256 e. The quantitative estimate of drug-likeness (QED) is 0.644. The van der Waals surface area contributed by atoms with E-state index in [-0.39, 0.29) is 5.91 Å². The van der Waals surface area contributed by atoms with Crippen LogP contribution in [-0.2, 0) is 0 Å². The van der Waals surface area contributed by atoms with Crippen LogP contribution in [-0.4, -0.2) is 28.4 Å². The first-order chi connectivity index (χ1) is 9.27. The molecule has 1 aromatic heterocycles. The molecule has 5 nitrogen and oxygen atoms in total. The van der Waals surface area contributed by atoms with Gasteiger partial charge in [-0.1, -0.05) is 19.3 Å². The summed E-state index contributed by atoms with van der Waals surface area (Å²) in [7, 11) is 0. The summed E-state index contributed by atoms with van der Waals surface area (Å²) in [4.78, 5) is 18.6. The van der Waals surface area contributed by atoms with Gasteiger partial charge in [0, 0.05) is 18.8 Å². The van der Waals surface area contributed by atoms with Gasteiger partial charge in [-0.3, -0.25) is 15.6 Å². The SMILES string of the molecule is CCN(C(=O)c1ccncc1NN)C1CCCCC1. The van der Waals surface area contributed by atoms with E-state index in [9.17, 15) is 4.79 Å². The highest BCUT2D eigenvalue weighted by atomic mass is 16.2. The van der Waals surface area contributed by atoms with Crippen LogP contribution in [0.25, 0.3) is 0 Å². The van der Waals surface area contributed by atoms with Crippen LogP contribution < -0.4 is 11.3 Å². The molecule has 0 radical (unpaired) electrons. The summed E-state index contributed by atoms with van der Waals surface area (Å²) in [6.07, 6.45) is 9.14. The van der Waals surface area contributed by atoms with Gasteiger partial charge in [0.1, 0.15) is 0 Å². The van der Waals surface area contributed by atoms with Crippen molar-refractivity contribution in [3.63, 3.8) is 0 Å². The molecular formula is C14H22N4O. The molecule has 0 aliphatic heterocycles. The summed E-state index contributed by atoms with van der Waals surface area (Å²) < 4.78 is 0. The average molecular weight is 262 g/mol. The van der Waals surface area contributed by atoms with Gasteiger partial charge in [0.2, 0.25) is 0 Å². The molecule has 1 fully saturated rings. The summed E-state index contributed by atoms with van der Waals surface area (Å²) in [6.45, 7) is 2.76. The lowest BCUT2D eigenvalue weighted by molar-refractivity contribution is 0.0649. The number of hydrogen-bond donors (Lipinski definition) is 2. The first-order valence-electron chi connectivity index (χ1n) is 6.99. The molecule has 0 saturated heterocycles. The van der Waals surface area contributed by atoms with Crippen LogP contribution in [0.3, 0.4) is 0 Å². The van der Waals surface area contributed by atoms with Gasteiger partial charge in [-0.2, -0.15) is 0 Å². The zero-order valence-electron chi connectivity index (χ0n) is 11.4. The molecule has 3 N–H and O–H groups in total. The van der Waals surface area contributed by atoms with Gasteiger partial charge in [0.25, 0.3) is 5.91 Å². The number of nitrogen functional groups attached to an aromatic ring is 1. The predicted octanol–water partition coefficient (Wildman–Crippen LogP) is 2.16. The smallest absolute Gasteiger partial charge is 0.256 e. The highest BCUT2D eigenvalue weighted by Gasteiger charge is 2.26. The van der Waals surface area contributed by atoms with Gasteiger partial charge >= 0.3 is 0 Å². The number of hydrogen-bond acceptors (Lipinski definition) is 4. The van der Waals surface area contributed by atoms with Gasteiger partial charge in [-0.25, -0.2) is 0 Å². The van der Waals surface area contributed by atoms with Crippen LogP contribution in [0.4, 0.5) is 5.69 Å². The maximum absolute atomic E-state index is 12.7. The number of hydrazine groups is 1. The third-order valence-electron chi connectivity index (χ3n) is 3.82. The summed E-state index contributed by atoms with van der Waals surface area (Å²) in [6, 6.07) is 2.09. The third kappa shape index (κ3) is 3.04. The Labute approximate surface area is 114 Å². The number of amides is 1. The molecular weight excluding hydrogens is 240 g/mol. The molecule has 0 atom stereocenters. The van der Waals surface area contributed by atoms with Crippen molar-refractivity contribution in [1.82, 2.24) is 9.88 Å². The second kappa shape index (κ2) is 6.52. The fraction of sp³-hybridized carbons (Fsp3) is 0.571. The van der Waals surface area contributed by atoms with Crippen LogP contribution in [0.1, 0.15) is 49.4 Å². The van der Waals surface area contributed by atoms with Gasteiger partial charge in [-0.05, 0) is 25.8 Å². The molecule has 2 rings (SSSR count). The average Bonchev–Trinajstić information content (AvgIpc) is 2.49. The lowest BCUT2D eigenvalue weighted by Gasteiger charge is -2.34. The number of carbonyl (C=O) groups is 1. The number of nitrogens with one attached hydrogen (secondary N) is 1. The van der Waals surface area contributed by atoms with Crippen LogP contribution in [0, 0.1) is 0 Å². The van der Waals surface area contributed by atoms with E-state index >= 15 is 0 Å². The number of nitrogens with two attached hydrogens (primary N) is 1. The Morgan fingerprint density at radius 2 is 2.21 bits per heavy atom. The molecule has 1 aliphatic rings. The van der Waals surface area contributed by atoms with Gasteiger partial charge in [-0.15, -0.1) is 0 Å². The molecule has 1 heterocycles. The highest BCUT2D eigenvalue weighted by molar-refractivity contribution is 5.99. The second-order valence-corrected chi connectivity index (χ2v) is 4.95. The molecule has 0 aromatic carbocycles. The Morgan fingerprint density at radius 3 is 2.84 bits per heavy atom. The third-order valence-corrected chi connectivity index (χ3v) is 3.82. The first-order valence-corrected chi connectivity index (χ1v) is 6.99. The molecule has 0 bridgehead atoms. The zero-order valence-corrected chi connectivity index (χ0v) is 11.4. The minimum Gasteiger partial charge on any atom is -0.336 e. The van der Waals surface area contributed by atoms with E-state index in [1.807, 2.05) is 11.8 Å². The van der Waals surface area contributed by atoms with E-state index in [4.69, 9.17) is 5.84 Å². The number of aromatic nitrogens is 1. The Hall–Kier alpha value is -1.62. The fourth-order valence-corrected chi connectivity index (χ4v) is 2.81. The standard InChI is InChI=1S/C14H22N4O/c1-2-18(11-6-4-3-5-7-11)14(19)12-8-9-16-10-13(12)17-15/h8-11,17H,2-7,15H2,1H3. The lowest BCUT2D eigenvalue weighted by atomic mass is 9.93. The highest BCUT2D eigenvalue weighted by Crippen LogP contribution is 2.25. The molecule has 1 aliphatic carbocycles. The maximum atomic E-state index is 12.7. The number of carbonyl (C=O) groups excluding carboxylic acids is 1. The van der Waals surface area contributed by atoms with Crippen molar-refractivity contribution in [1.29, 1.82) is 0 Å². The Morgan fingerprint density at radius 1 is 1.47 bits per heavy atom. The van der Waals surface area contributed by atoms with E-state index < -0.39 is 0 Å². The Bertz CT molecular complexity index is 429. The molecule has 1 saturated carbocycles. The molecule has 1 aromatic rings. The Balaban J connectivity index is 2.19. The van der Waals surface area contributed by atoms with E-state index in [0.717, 1.165) is 19.4 Å². The fourth-order valence-electron chi connectivity index (χ4n) is 2.81. The van der Waals surface area contributed by atoms with Crippen LogP contribution >= 0.6 is 0 Å². The van der Waals surface area contributed by atoms with Crippen molar-refractivity contribution in [3.8, 4) is 0 Å². The molecule has 5 heteroatoms. The normalized spacial score (nSPS) is 16.1. The predicted molar refractivity (Wildman–Crippen MR) is 75.6 cm³/mol. The summed E-state index contributed by atoms with van der Waals surface area (Å²) >= 11 is 0. The zero-order chi connectivity index (χ0) is 13.7. The number of pyridine rings is 1. The molecule has 104 valence electrons. The lowest BCUT2D eigenvalue weighted by Crippen LogP contribution is -2.41. The molecule has 1 amide bonds. The van der Waals surface area contributed by atoms with E-state index in [1.54, 1.807) is 18.5 Å².